The molecular weight excluding hydrogens is 328 g/mol. The molecule has 0 saturated heterocycles. The summed E-state index contributed by atoms with van der Waals surface area (Å²) in [6.45, 7) is 3.38. The first kappa shape index (κ1) is 15.5. The Balaban J connectivity index is 3.07. The first-order valence-corrected chi connectivity index (χ1v) is 7.83. The lowest BCUT2D eigenvalue weighted by Crippen LogP contribution is -2.43. The maximum Gasteiger partial charge on any atom is 0.243 e. The van der Waals surface area contributed by atoms with Gasteiger partial charge in [0.05, 0.1) is 0 Å². The van der Waals surface area contributed by atoms with E-state index >= 15 is 0 Å². The second-order valence-electron chi connectivity index (χ2n) is 4.50. The van der Waals surface area contributed by atoms with Crippen LogP contribution in [0.1, 0.15) is 20.3 Å². The molecule has 1 N–H and O–H groups in total. The molecule has 1 aromatic carbocycles. The molecule has 0 unspecified atom stereocenters. The molecule has 0 spiro atoms. The van der Waals surface area contributed by atoms with Gasteiger partial charge >= 0.3 is 0 Å². The van der Waals surface area contributed by atoms with Crippen LogP contribution in [0.4, 0.5) is 8.78 Å². The summed E-state index contributed by atoms with van der Waals surface area (Å²) in [5, 5.41) is 0.606. The Kier molecular flexibility index (Phi) is 4.85. The van der Waals surface area contributed by atoms with Gasteiger partial charge in [0.25, 0.3) is 0 Å². The van der Waals surface area contributed by atoms with Gasteiger partial charge in [0.1, 0.15) is 16.5 Å². The topological polar surface area (TPSA) is 46.2 Å². The van der Waals surface area contributed by atoms with Gasteiger partial charge in [0, 0.05) is 16.9 Å². The Morgan fingerprint density at radius 3 is 2.44 bits per heavy atom. The zero-order chi connectivity index (χ0) is 14.0. The molecule has 18 heavy (non-hydrogen) atoms. The average molecular weight is 342 g/mol. The van der Waals surface area contributed by atoms with E-state index in [1.165, 1.54) is 0 Å². The van der Waals surface area contributed by atoms with Crippen LogP contribution in [0.3, 0.4) is 0 Å². The fraction of sp³-hybridized carbons (Fsp3) is 0.455. The highest BCUT2D eigenvalue weighted by Gasteiger charge is 2.27. The SMILES string of the molecule is CC(C)(CCBr)NS(=O)(=O)c1ccc(F)cc1F. The molecule has 0 fully saturated rings. The molecule has 1 rings (SSSR count). The minimum absolute atomic E-state index is 0.537. The maximum absolute atomic E-state index is 13.4. The van der Waals surface area contributed by atoms with Gasteiger partial charge in [0.15, 0.2) is 0 Å². The third-order valence-electron chi connectivity index (χ3n) is 2.31. The van der Waals surface area contributed by atoms with Gasteiger partial charge < -0.3 is 0 Å². The summed E-state index contributed by atoms with van der Waals surface area (Å²) in [6.07, 6.45) is 0.537. The molecule has 0 bridgehead atoms. The first-order chi connectivity index (χ1) is 8.18. The Bertz CT molecular complexity index is 532. The van der Waals surface area contributed by atoms with E-state index in [0.717, 1.165) is 12.1 Å². The van der Waals surface area contributed by atoms with E-state index in [9.17, 15) is 17.2 Å². The van der Waals surface area contributed by atoms with Gasteiger partial charge in [-0.1, -0.05) is 15.9 Å². The molecule has 0 radical (unpaired) electrons. The predicted octanol–water partition coefficient (Wildman–Crippen LogP) is 2.81. The zero-order valence-corrected chi connectivity index (χ0v) is 12.4. The van der Waals surface area contributed by atoms with Crippen molar-refractivity contribution in [1.29, 1.82) is 0 Å². The number of halogens is 3. The van der Waals surface area contributed by atoms with Crippen molar-refractivity contribution in [2.75, 3.05) is 5.33 Å². The number of rotatable bonds is 5. The van der Waals surface area contributed by atoms with E-state index in [-0.39, 0.29) is 0 Å². The number of alkyl halides is 1. The summed E-state index contributed by atoms with van der Waals surface area (Å²) in [7, 11) is -4.00. The average Bonchev–Trinajstić information content (AvgIpc) is 2.14. The Morgan fingerprint density at radius 2 is 1.94 bits per heavy atom. The minimum atomic E-state index is -4.00. The van der Waals surface area contributed by atoms with Crippen molar-refractivity contribution >= 4 is 26.0 Å². The molecule has 3 nitrogen and oxygen atoms in total. The highest BCUT2D eigenvalue weighted by Crippen LogP contribution is 2.19. The highest BCUT2D eigenvalue weighted by molar-refractivity contribution is 9.09. The molecule has 0 atom stereocenters. The molecule has 0 amide bonds. The maximum atomic E-state index is 13.4. The first-order valence-electron chi connectivity index (χ1n) is 5.23. The second kappa shape index (κ2) is 5.63. The van der Waals surface area contributed by atoms with Crippen LogP contribution in [0, 0.1) is 11.6 Å². The molecular formula is C11H14BrF2NO2S. The van der Waals surface area contributed by atoms with Crippen LogP contribution in [0.5, 0.6) is 0 Å². The fourth-order valence-corrected chi connectivity index (χ4v) is 3.89. The minimum Gasteiger partial charge on any atom is -0.207 e. The number of nitrogens with one attached hydrogen (secondary N) is 1. The van der Waals surface area contributed by atoms with Crippen LogP contribution >= 0.6 is 15.9 Å². The van der Waals surface area contributed by atoms with Gasteiger partial charge in [-0.2, -0.15) is 0 Å². The van der Waals surface area contributed by atoms with Crippen molar-refractivity contribution in [2.45, 2.75) is 30.7 Å². The molecule has 7 heteroatoms. The van der Waals surface area contributed by atoms with E-state index in [1.54, 1.807) is 13.8 Å². The fourth-order valence-electron chi connectivity index (χ4n) is 1.40. The van der Waals surface area contributed by atoms with Crippen LogP contribution in [0.2, 0.25) is 0 Å². The third kappa shape index (κ3) is 4.00. The summed E-state index contributed by atoms with van der Waals surface area (Å²) in [6, 6.07) is 2.37. The molecule has 0 aliphatic carbocycles. The normalized spacial score (nSPS) is 12.7. The van der Waals surface area contributed by atoms with Crippen molar-refractivity contribution < 1.29 is 17.2 Å². The largest absolute Gasteiger partial charge is 0.243 e. The lowest BCUT2D eigenvalue weighted by Gasteiger charge is -2.25. The van der Waals surface area contributed by atoms with Crippen molar-refractivity contribution in [3.8, 4) is 0 Å². The van der Waals surface area contributed by atoms with Crippen molar-refractivity contribution in [1.82, 2.24) is 4.72 Å². The van der Waals surface area contributed by atoms with Crippen LogP contribution in [-0.4, -0.2) is 19.3 Å². The van der Waals surface area contributed by atoms with E-state index in [2.05, 4.69) is 20.7 Å². The lowest BCUT2D eigenvalue weighted by atomic mass is 10.0. The summed E-state index contributed by atoms with van der Waals surface area (Å²) in [5.74, 6) is -1.91. The number of hydrogen-bond acceptors (Lipinski definition) is 2. The molecule has 0 heterocycles. The third-order valence-corrected chi connectivity index (χ3v) is 4.44. The van der Waals surface area contributed by atoms with Crippen molar-refractivity contribution in [3.05, 3.63) is 29.8 Å². The lowest BCUT2D eigenvalue weighted by molar-refractivity contribution is 0.441. The van der Waals surface area contributed by atoms with Gasteiger partial charge in [-0.05, 0) is 32.4 Å². The van der Waals surface area contributed by atoms with Crippen molar-refractivity contribution in [2.24, 2.45) is 0 Å². The van der Waals surface area contributed by atoms with Crippen LogP contribution in [-0.2, 0) is 10.0 Å². The molecule has 0 aliphatic rings. The van der Waals surface area contributed by atoms with Gasteiger partial charge in [-0.25, -0.2) is 21.9 Å². The summed E-state index contributed by atoms with van der Waals surface area (Å²) < 4.78 is 52.5. The Hall–Kier alpha value is -0.530. The van der Waals surface area contributed by atoms with E-state index < -0.39 is 32.1 Å². The smallest absolute Gasteiger partial charge is 0.207 e. The Labute approximate surface area is 114 Å². The molecule has 0 aromatic heterocycles. The van der Waals surface area contributed by atoms with Gasteiger partial charge in [-0.15, -0.1) is 0 Å². The van der Waals surface area contributed by atoms with E-state index in [1.807, 2.05) is 0 Å². The monoisotopic (exact) mass is 341 g/mol. The molecule has 0 saturated carbocycles. The quantitative estimate of drug-likeness (QED) is 0.837. The highest BCUT2D eigenvalue weighted by atomic mass is 79.9. The Morgan fingerprint density at radius 1 is 1.33 bits per heavy atom. The summed E-state index contributed by atoms with van der Waals surface area (Å²) in [5.41, 5.74) is -0.719. The molecule has 0 aliphatic heterocycles. The van der Waals surface area contributed by atoms with Gasteiger partial charge in [-0.3, -0.25) is 0 Å². The molecule has 102 valence electrons. The van der Waals surface area contributed by atoms with Crippen LogP contribution in [0.25, 0.3) is 0 Å². The zero-order valence-electron chi connectivity index (χ0n) is 10.0. The second-order valence-corrected chi connectivity index (χ2v) is 6.95. The number of benzene rings is 1. The van der Waals surface area contributed by atoms with Crippen LogP contribution in [0.15, 0.2) is 23.1 Å². The standard InChI is InChI=1S/C11H14BrF2NO2S/c1-11(2,5-6-12)15-18(16,17)10-4-3-8(13)7-9(10)14/h3-4,7,15H,5-6H2,1-2H3. The van der Waals surface area contributed by atoms with Crippen LogP contribution < -0.4 is 4.72 Å². The van der Waals surface area contributed by atoms with E-state index in [0.29, 0.717) is 17.8 Å². The number of hydrogen-bond donors (Lipinski definition) is 1. The number of sulfonamides is 1. The van der Waals surface area contributed by atoms with Gasteiger partial charge in [0.2, 0.25) is 10.0 Å². The molecule has 1 aromatic rings. The van der Waals surface area contributed by atoms with E-state index in [4.69, 9.17) is 0 Å². The van der Waals surface area contributed by atoms with Crippen molar-refractivity contribution in [3.63, 3.8) is 0 Å². The summed E-state index contributed by atoms with van der Waals surface area (Å²) in [4.78, 5) is -0.549. The predicted molar refractivity (Wildman–Crippen MR) is 69.2 cm³/mol. The summed E-state index contributed by atoms with van der Waals surface area (Å²) >= 11 is 3.21.